The molecule has 2 saturated carbocycles. The number of rotatable bonds is 4. The van der Waals surface area contributed by atoms with E-state index in [0.717, 1.165) is 37.9 Å². The molecule has 3 aliphatic rings. The van der Waals surface area contributed by atoms with Crippen molar-refractivity contribution in [3.8, 4) is 5.75 Å². The van der Waals surface area contributed by atoms with Gasteiger partial charge in [0.05, 0.1) is 13.3 Å². The summed E-state index contributed by atoms with van der Waals surface area (Å²) in [6.45, 7) is 2.35. The number of carbonyl (C=O) groups is 1. The molecule has 130 valence electrons. The van der Waals surface area contributed by atoms with Gasteiger partial charge in [0.2, 0.25) is 0 Å². The number of Topliss-reactive ketones (excluding diaryl/α,β-unsaturated/α-hetero) is 1. The maximum Gasteiger partial charge on any atom is 0.139 e. The van der Waals surface area contributed by atoms with Crippen molar-refractivity contribution in [1.29, 1.82) is 0 Å². The van der Waals surface area contributed by atoms with E-state index in [1.54, 1.807) is 0 Å². The lowest BCUT2D eigenvalue weighted by Gasteiger charge is -2.48. The van der Waals surface area contributed by atoms with E-state index in [9.17, 15) is 9.18 Å². The molecule has 0 spiro atoms. The largest absolute Gasteiger partial charge is 0.493 e. The fraction of sp³-hybridized carbons (Fsp3) is 0.667. The highest BCUT2D eigenvalue weighted by Crippen LogP contribution is 2.59. The van der Waals surface area contributed by atoms with Gasteiger partial charge in [0.25, 0.3) is 0 Å². The number of ketones is 1. The molecule has 4 atom stereocenters. The number of benzene rings is 1. The minimum atomic E-state index is -0.326. The first-order valence-electron chi connectivity index (χ1n) is 9.48. The summed E-state index contributed by atoms with van der Waals surface area (Å²) >= 11 is 0. The zero-order chi connectivity index (χ0) is 16.7. The van der Waals surface area contributed by atoms with Crippen molar-refractivity contribution in [3.63, 3.8) is 0 Å². The van der Waals surface area contributed by atoms with E-state index in [1.165, 1.54) is 17.5 Å². The second-order valence-electron chi connectivity index (χ2n) is 8.09. The highest BCUT2D eigenvalue weighted by atomic mass is 19.1. The van der Waals surface area contributed by atoms with Crippen LogP contribution >= 0.6 is 0 Å². The quantitative estimate of drug-likeness (QED) is 0.738. The topological polar surface area (TPSA) is 26.3 Å². The molecular weight excluding hydrogens is 303 g/mol. The van der Waals surface area contributed by atoms with Gasteiger partial charge in [0.1, 0.15) is 11.5 Å². The summed E-state index contributed by atoms with van der Waals surface area (Å²) in [5, 5.41) is 0. The van der Waals surface area contributed by atoms with E-state index in [2.05, 4.69) is 19.1 Å². The van der Waals surface area contributed by atoms with E-state index in [1.807, 2.05) is 6.07 Å². The molecule has 0 aromatic heterocycles. The highest BCUT2D eigenvalue weighted by Gasteiger charge is 2.54. The van der Waals surface area contributed by atoms with E-state index >= 15 is 0 Å². The Hall–Kier alpha value is -1.38. The predicted molar refractivity (Wildman–Crippen MR) is 92.2 cm³/mol. The molecule has 1 aromatic carbocycles. The second kappa shape index (κ2) is 6.16. The van der Waals surface area contributed by atoms with Crippen molar-refractivity contribution in [2.24, 2.45) is 17.3 Å². The normalized spacial score (nSPS) is 34.4. The fourth-order valence-corrected chi connectivity index (χ4v) is 5.66. The molecular formula is C21H27FO2. The number of halogens is 1. The van der Waals surface area contributed by atoms with E-state index in [-0.39, 0.29) is 12.1 Å². The number of carbonyl (C=O) groups excluding carboxylic acids is 1. The molecule has 0 saturated heterocycles. The van der Waals surface area contributed by atoms with Crippen molar-refractivity contribution in [1.82, 2.24) is 0 Å². The first-order valence-corrected chi connectivity index (χ1v) is 9.48. The van der Waals surface area contributed by atoms with Crippen LogP contribution in [0.15, 0.2) is 18.2 Å². The molecule has 0 heterocycles. The van der Waals surface area contributed by atoms with Gasteiger partial charge in [0, 0.05) is 18.3 Å². The molecule has 24 heavy (non-hydrogen) atoms. The monoisotopic (exact) mass is 330 g/mol. The van der Waals surface area contributed by atoms with Crippen LogP contribution in [0.4, 0.5) is 4.39 Å². The average Bonchev–Trinajstić information content (AvgIpc) is 2.90. The maximum absolute atomic E-state index is 12.4. The first-order chi connectivity index (χ1) is 11.6. The Morgan fingerprint density at radius 3 is 2.96 bits per heavy atom. The Labute approximate surface area is 143 Å². The van der Waals surface area contributed by atoms with Crippen molar-refractivity contribution in [2.45, 2.75) is 57.8 Å². The molecule has 1 aromatic rings. The van der Waals surface area contributed by atoms with Crippen molar-refractivity contribution < 1.29 is 13.9 Å². The highest BCUT2D eigenvalue weighted by molar-refractivity contribution is 5.87. The Bertz CT molecular complexity index is 641. The molecule has 2 nitrogen and oxygen atoms in total. The smallest absolute Gasteiger partial charge is 0.139 e. The summed E-state index contributed by atoms with van der Waals surface area (Å²) < 4.78 is 17.9. The number of ether oxygens (including phenoxy) is 1. The summed E-state index contributed by atoms with van der Waals surface area (Å²) in [5.41, 5.74) is 2.83. The summed E-state index contributed by atoms with van der Waals surface area (Å²) in [5.74, 6) is 3.24. The summed E-state index contributed by atoms with van der Waals surface area (Å²) in [4.78, 5) is 12.4. The lowest BCUT2D eigenvalue weighted by molar-refractivity contribution is -0.129. The molecule has 0 aliphatic heterocycles. The van der Waals surface area contributed by atoms with Gasteiger partial charge in [-0.3, -0.25) is 9.18 Å². The lowest BCUT2D eigenvalue weighted by Crippen LogP contribution is -2.42. The molecule has 0 N–H and O–H groups in total. The molecule has 0 radical (unpaired) electrons. The molecule has 4 rings (SSSR count). The SMILES string of the molecule is C[C@]12CC[C@@H]3c4ccc(OCCCF)cc4CC[C@H]3[C@@H]1CCC2=O. The van der Waals surface area contributed by atoms with Crippen LogP contribution in [-0.2, 0) is 11.2 Å². The summed E-state index contributed by atoms with van der Waals surface area (Å²) in [6.07, 6.45) is 6.80. The van der Waals surface area contributed by atoms with Gasteiger partial charge in [-0.15, -0.1) is 0 Å². The molecule has 0 amide bonds. The number of aryl methyl sites for hydroxylation is 1. The van der Waals surface area contributed by atoms with Gasteiger partial charge in [-0.25, -0.2) is 0 Å². The number of hydrogen-bond donors (Lipinski definition) is 0. The van der Waals surface area contributed by atoms with Crippen LogP contribution in [-0.4, -0.2) is 19.1 Å². The minimum absolute atomic E-state index is 0.0475. The van der Waals surface area contributed by atoms with Crippen molar-refractivity contribution in [3.05, 3.63) is 29.3 Å². The lowest BCUT2D eigenvalue weighted by atomic mass is 9.55. The van der Waals surface area contributed by atoms with Gasteiger partial charge < -0.3 is 4.74 Å². The Morgan fingerprint density at radius 1 is 1.25 bits per heavy atom. The Morgan fingerprint density at radius 2 is 2.12 bits per heavy atom. The number of hydrogen-bond acceptors (Lipinski definition) is 2. The van der Waals surface area contributed by atoms with Crippen LogP contribution < -0.4 is 4.74 Å². The average molecular weight is 330 g/mol. The third-order valence-electron chi connectivity index (χ3n) is 6.95. The van der Waals surface area contributed by atoms with Crippen LogP contribution in [0.25, 0.3) is 0 Å². The van der Waals surface area contributed by atoms with Gasteiger partial charge >= 0.3 is 0 Å². The van der Waals surface area contributed by atoms with Crippen molar-refractivity contribution >= 4 is 5.78 Å². The molecule has 2 fully saturated rings. The van der Waals surface area contributed by atoms with Crippen LogP contribution in [0.2, 0.25) is 0 Å². The van der Waals surface area contributed by atoms with E-state index < -0.39 is 0 Å². The summed E-state index contributed by atoms with van der Waals surface area (Å²) in [6, 6.07) is 6.45. The van der Waals surface area contributed by atoms with Crippen LogP contribution in [0.1, 0.15) is 62.5 Å². The molecule has 0 unspecified atom stereocenters. The zero-order valence-electron chi connectivity index (χ0n) is 14.5. The molecule has 0 bridgehead atoms. The first kappa shape index (κ1) is 16.1. The molecule has 3 aliphatic carbocycles. The van der Waals surface area contributed by atoms with E-state index in [0.29, 0.717) is 36.6 Å². The summed E-state index contributed by atoms with van der Waals surface area (Å²) in [7, 11) is 0. The Balaban J connectivity index is 1.56. The molecule has 3 heteroatoms. The number of alkyl halides is 1. The van der Waals surface area contributed by atoms with Gasteiger partial charge in [-0.2, -0.15) is 0 Å². The van der Waals surface area contributed by atoms with Crippen LogP contribution in [0.3, 0.4) is 0 Å². The van der Waals surface area contributed by atoms with Gasteiger partial charge in [0.15, 0.2) is 0 Å². The van der Waals surface area contributed by atoms with Crippen molar-refractivity contribution in [2.75, 3.05) is 13.3 Å². The van der Waals surface area contributed by atoms with Gasteiger partial charge in [-0.05, 0) is 73.1 Å². The van der Waals surface area contributed by atoms with Gasteiger partial charge in [-0.1, -0.05) is 13.0 Å². The third kappa shape index (κ3) is 2.48. The number of fused-ring (bicyclic) bond motifs is 5. The third-order valence-corrected chi connectivity index (χ3v) is 6.95. The zero-order valence-corrected chi connectivity index (χ0v) is 14.5. The van der Waals surface area contributed by atoms with E-state index in [4.69, 9.17) is 4.74 Å². The fourth-order valence-electron chi connectivity index (χ4n) is 5.66. The predicted octanol–water partition coefficient (Wildman–Crippen LogP) is 4.85. The second-order valence-corrected chi connectivity index (χ2v) is 8.09. The van der Waals surface area contributed by atoms with Crippen LogP contribution in [0, 0.1) is 17.3 Å². The minimum Gasteiger partial charge on any atom is -0.493 e. The maximum atomic E-state index is 12.4. The standard InChI is InChI=1S/C21H27FO2/c1-21-10-9-17-16-6-4-15(24-12-2-11-22)13-14(16)3-5-18(17)19(21)7-8-20(21)23/h4,6,13,17-19H,2-3,5,7-12H2,1H3/t17-,18-,19+,21+/m1/s1. The Kier molecular flexibility index (Phi) is 4.14. The van der Waals surface area contributed by atoms with Crippen LogP contribution in [0.5, 0.6) is 5.75 Å².